The number of nitrogens with zero attached hydrogens (tertiary/aromatic N) is 2. The average Bonchev–Trinajstić information content (AvgIpc) is 2.98. The maximum Gasteiger partial charge on any atom is 0.254 e. The van der Waals surface area contributed by atoms with Crippen molar-refractivity contribution < 1.29 is 24.2 Å². The minimum Gasteiger partial charge on any atom is -0.508 e. The average molecular weight is 384 g/mol. The minimum atomic E-state index is -0.145. The molecule has 7 heteroatoms. The van der Waals surface area contributed by atoms with E-state index in [0.717, 1.165) is 0 Å². The normalized spacial score (nSPS) is 14.4. The summed E-state index contributed by atoms with van der Waals surface area (Å²) in [6, 6.07) is 11.4. The molecule has 1 heterocycles. The molecule has 0 unspecified atom stereocenters. The Morgan fingerprint density at radius 1 is 0.821 bits per heavy atom. The Hall–Kier alpha value is -3.22. The highest BCUT2D eigenvalue weighted by Gasteiger charge is 2.24. The van der Waals surface area contributed by atoms with Crippen LogP contribution in [0.4, 0.5) is 0 Å². The van der Waals surface area contributed by atoms with Crippen molar-refractivity contribution in [2.24, 2.45) is 0 Å². The van der Waals surface area contributed by atoms with E-state index in [1.807, 2.05) is 0 Å². The fraction of sp³-hybridized carbons (Fsp3) is 0.333. The lowest BCUT2D eigenvalue weighted by Crippen LogP contribution is -2.37. The molecule has 3 rings (SSSR count). The van der Waals surface area contributed by atoms with Crippen molar-refractivity contribution in [3.05, 3.63) is 53.6 Å². The molecule has 1 aliphatic heterocycles. The molecule has 1 aliphatic rings. The van der Waals surface area contributed by atoms with E-state index in [1.165, 1.54) is 12.1 Å². The smallest absolute Gasteiger partial charge is 0.254 e. The second-order valence-electron chi connectivity index (χ2n) is 6.59. The molecule has 0 atom stereocenters. The maximum absolute atomic E-state index is 13.0. The second kappa shape index (κ2) is 8.65. The Kier molecular flexibility index (Phi) is 6.03. The first kappa shape index (κ1) is 19.5. The summed E-state index contributed by atoms with van der Waals surface area (Å²) in [5.41, 5.74) is 0.932. The van der Waals surface area contributed by atoms with Crippen LogP contribution in [0.5, 0.6) is 17.2 Å². The number of ether oxygens (including phenoxy) is 2. The summed E-state index contributed by atoms with van der Waals surface area (Å²) in [4.78, 5) is 29.1. The fourth-order valence-electron chi connectivity index (χ4n) is 3.26. The third-order valence-corrected chi connectivity index (χ3v) is 4.76. The standard InChI is InChI=1S/C21H24N2O5/c1-27-18-12-16(13-19(14-18)28-2)21(26)23-8-4-7-22(9-10-23)20(25)15-5-3-6-17(24)11-15/h3,5-6,11-14,24H,4,7-10H2,1-2H3. The predicted molar refractivity (Wildman–Crippen MR) is 104 cm³/mol. The van der Waals surface area contributed by atoms with Gasteiger partial charge in [-0.15, -0.1) is 0 Å². The van der Waals surface area contributed by atoms with Gasteiger partial charge in [-0.25, -0.2) is 0 Å². The zero-order chi connectivity index (χ0) is 20.1. The van der Waals surface area contributed by atoms with Gasteiger partial charge in [0, 0.05) is 43.4 Å². The number of carbonyl (C=O) groups is 2. The van der Waals surface area contributed by atoms with Crippen LogP contribution < -0.4 is 9.47 Å². The molecule has 0 radical (unpaired) electrons. The van der Waals surface area contributed by atoms with Crippen molar-refractivity contribution in [1.29, 1.82) is 0 Å². The number of carbonyl (C=O) groups excluding carboxylic acids is 2. The summed E-state index contributed by atoms with van der Waals surface area (Å²) >= 11 is 0. The molecule has 1 N–H and O–H groups in total. The van der Waals surface area contributed by atoms with E-state index in [1.54, 1.807) is 54.4 Å². The second-order valence-corrected chi connectivity index (χ2v) is 6.59. The van der Waals surface area contributed by atoms with Crippen LogP contribution in [-0.2, 0) is 0 Å². The topological polar surface area (TPSA) is 79.3 Å². The zero-order valence-electron chi connectivity index (χ0n) is 16.1. The highest BCUT2D eigenvalue weighted by molar-refractivity contribution is 5.96. The number of aromatic hydroxyl groups is 1. The van der Waals surface area contributed by atoms with Crippen LogP contribution in [0.3, 0.4) is 0 Å². The molecule has 0 spiro atoms. The van der Waals surface area contributed by atoms with Crippen LogP contribution >= 0.6 is 0 Å². The van der Waals surface area contributed by atoms with Gasteiger partial charge in [0.05, 0.1) is 14.2 Å². The van der Waals surface area contributed by atoms with Gasteiger partial charge in [-0.05, 0) is 36.8 Å². The Morgan fingerprint density at radius 2 is 1.39 bits per heavy atom. The summed E-state index contributed by atoms with van der Waals surface area (Å²) in [5.74, 6) is 0.901. The highest BCUT2D eigenvalue weighted by atomic mass is 16.5. The van der Waals surface area contributed by atoms with Crippen LogP contribution in [0.1, 0.15) is 27.1 Å². The zero-order valence-corrected chi connectivity index (χ0v) is 16.1. The Bertz CT molecular complexity index is 845. The molecular formula is C21H24N2O5. The molecule has 2 aromatic rings. The van der Waals surface area contributed by atoms with E-state index in [9.17, 15) is 14.7 Å². The van der Waals surface area contributed by atoms with Crippen LogP contribution in [-0.4, -0.2) is 67.1 Å². The van der Waals surface area contributed by atoms with E-state index >= 15 is 0 Å². The lowest BCUT2D eigenvalue weighted by atomic mass is 10.1. The van der Waals surface area contributed by atoms with Gasteiger partial charge in [0.15, 0.2) is 0 Å². The van der Waals surface area contributed by atoms with Crippen LogP contribution in [0, 0.1) is 0 Å². The van der Waals surface area contributed by atoms with Crippen molar-refractivity contribution in [3.63, 3.8) is 0 Å². The number of methoxy groups -OCH3 is 2. The van der Waals surface area contributed by atoms with Crippen molar-refractivity contribution in [2.75, 3.05) is 40.4 Å². The largest absolute Gasteiger partial charge is 0.508 e. The maximum atomic E-state index is 13.0. The summed E-state index contributed by atoms with van der Waals surface area (Å²) in [6.07, 6.45) is 0.678. The van der Waals surface area contributed by atoms with E-state index in [2.05, 4.69) is 0 Å². The Labute approximate surface area is 164 Å². The van der Waals surface area contributed by atoms with Gasteiger partial charge < -0.3 is 24.4 Å². The number of hydrogen-bond donors (Lipinski definition) is 1. The first-order chi connectivity index (χ1) is 13.5. The van der Waals surface area contributed by atoms with Gasteiger partial charge in [-0.3, -0.25) is 9.59 Å². The molecule has 1 fully saturated rings. The number of benzene rings is 2. The Morgan fingerprint density at radius 3 is 1.93 bits per heavy atom. The summed E-state index contributed by atoms with van der Waals surface area (Å²) < 4.78 is 10.5. The van der Waals surface area contributed by atoms with Crippen molar-refractivity contribution >= 4 is 11.8 Å². The lowest BCUT2D eigenvalue weighted by Gasteiger charge is -2.22. The van der Waals surface area contributed by atoms with E-state index in [0.29, 0.717) is 55.2 Å². The Balaban J connectivity index is 1.71. The van der Waals surface area contributed by atoms with E-state index < -0.39 is 0 Å². The van der Waals surface area contributed by atoms with Crippen molar-refractivity contribution in [3.8, 4) is 17.2 Å². The quantitative estimate of drug-likeness (QED) is 0.876. The van der Waals surface area contributed by atoms with Crippen molar-refractivity contribution in [1.82, 2.24) is 9.80 Å². The molecule has 148 valence electrons. The highest BCUT2D eigenvalue weighted by Crippen LogP contribution is 2.24. The predicted octanol–water partition coefficient (Wildman–Crippen LogP) is 2.40. The van der Waals surface area contributed by atoms with Gasteiger partial charge in [-0.1, -0.05) is 6.07 Å². The molecule has 28 heavy (non-hydrogen) atoms. The molecule has 0 bridgehead atoms. The van der Waals surface area contributed by atoms with E-state index in [4.69, 9.17) is 9.47 Å². The van der Waals surface area contributed by atoms with E-state index in [-0.39, 0.29) is 17.6 Å². The van der Waals surface area contributed by atoms with Gasteiger partial charge in [0.2, 0.25) is 0 Å². The molecule has 0 saturated carbocycles. The van der Waals surface area contributed by atoms with Crippen LogP contribution in [0.15, 0.2) is 42.5 Å². The summed E-state index contributed by atoms with van der Waals surface area (Å²) in [6.45, 7) is 1.98. The fourth-order valence-corrected chi connectivity index (χ4v) is 3.26. The summed E-state index contributed by atoms with van der Waals surface area (Å²) in [5, 5.41) is 9.60. The van der Waals surface area contributed by atoms with Crippen molar-refractivity contribution in [2.45, 2.75) is 6.42 Å². The SMILES string of the molecule is COc1cc(OC)cc(C(=O)N2CCCN(C(=O)c3cccc(O)c3)CC2)c1. The first-order valence-corrected chi connectivity index (χ1v) is 9.12. The molecule has 1 saturated heterocycles. The lowest BCUT2D eigenvalue weighted by molar-refractivity contribution is 0.0718. The minimum absolute atomic E-state index is 0.0597. The van der Waals surface area contributed by atoms with Crippen LogP contribution in [0.25, 0.3) is 0 Å². The molecule has 7 nitrogen and oxygen atoms in total. The number of phenols is 1. The third kappa shape index (κ3) is 4.36. The molecule has 2 aromatic carbocycles. The van der Waals surface area contributed by atoms with Gasteiger partial charge in [-0.2, -0.15) is 0 Å². The number of amides is 2. The van der Waals surface area contributed by atoms with Gasteiger partial charge in [0.25, 0.3) is 11.8 Å². The molecule has 2 amide bonds. The molecular weight excluding hydrogens is 360 g/mol. The number of hydrogen-bond acceptors (Lipinski definition) is 5. The summed E-state index contributed by atoms with van der Waals surface area (Å²) in [7, 11) is 3.08. The molecule has 0 aliphatic carbocycles. The first-order valence-electron chi connectivity index (χ1n) is 9.12. The van der Waals surface area contributed by atoms with Crippen LogP contribution in [0.2, 0.25) is 0 Å². The number of rotatable bonds is 4. The van der Waals surface area contributed by atoms with Gasteiger partial charge in [0.1, 0.15) is 17.2 Å². The van der Waals surface area contributed by atoms with Gasteiger partial charge >= 0.3 is 0 Å². The molecule has 0 aromatic heterocycles. The monoisotopic (exact) mass is 384 g/mol. The number of phenolic OH excluding ortho intramolecular Hbond substituents is 1. The third-order valence-electron chi connectivity index (χ3n) is 4.76.